The number of rotatable bonds is 5. The number of nitrogens with zero attached hydrogens (tertiary/aromatic N) is 3. The van der Waals surface area contributed by atoms with Gasteiger partial charge in [0.1, 0.15) is 0 Å². The maximum Gasteiger partial charge on any atom is 0.249 e. The van der Waals surface area contributed by atoms with Crippen LogP contribution in [-0.4, -0.2) is 66.8 Å². The van der Waals surface area contributed by atoms with Gasteiger partial charge in [-0.2, -0.15) is 4.91 Å². The number of hydrogen-bond donors (Lipinski definition) is 2. The molecule has 130 valence electrons. The van der Waals surface area contributed by atoms with E-state index in [1.807, 2.05) is 14.1 Å². The van der Waals surface area contributed by atoms with Crippen LogP contribution in [0.3, 0.4) is 0 Å². The maximum absolute atomic E-state index is 10.8. The summed E-state index contributed by atoms with van der Waals surface area (Å²) in [5.41, 5.74) is 3.91. The first-order valence-corrected chi connectivity index (χ1v) is 6.97. The Morgan fingerprint density at radius 1 is 1.18 bits per heavy atom. The molecule has 0 aromatic heterocycles. The Morgan fingerprint density at radius 3 is 1.82 bits per heavy atom. The normalized spacial score (nSPS) is 8.77. The average molecular weight is 317 g/mol. The van der Waals surface area contributed by atoms with Gasteiger partial charge >= 0.3 is 0 Å². The molecule has 0 atom stereocenters. The van der Waals surface area contributed by atoms with Crippen LogP contribution in [0.4, 0.5) is 5.69 Å². The number of nitroso groups, excluding NO2 is 1. The summed E-state index contributed by atoms with van der Waals surface area (Å²) in [5, 5.41) is 5.40. The molecule has 1 aromatic rings. The van der Waals surface area contributed by atoms with E-state index < -0.39 is 10.9 Å². The summed E-state index contributed by atoms with van der Waals surface area (Å²) in [6.07, 6.45) is 0. The predicted octanol–water partition coefficient (Wildman–Crippen LogP) is -0.536. The molecule has 0 amide bonds. The lowest BCUT2D eigenvalue weighted by Crippen LogP contribution is -2.38. The lowest BCUT2D eigenvalue weighted by molar-refractivity contribution is 0.434. The van der Waals surface area contributed by atoms with E-state index in [0.29, 0.717) is 12.2 Å². The highest BCUT2D eigenvalue weighted by Gasteiger charge is 2.12. The third-order valence-electron chi connectivity index (χ3n) is 2.29. The first-order valence-electron chi connectivity index (χ1n) is 6.97. The molecular formula is C14H31N5O3. The fourth-order valence-electron chi connectivity index (χ4n) is 0.899. The van der Waals surface area contributed by atoms with Crippen molar-refractivity contribution in [3.05, 3.63) is 31.4 Å². The van der Waals surface area contributed by atoms with Crippen molar-refractivity contribution in [3.8, 4) is 0 Å². The molecule has 0 saturated carbocycles. The zero-order chi connectivity index (χ0) is 18.1. The Morgan fingerprint density at radius 2 is 1.59 bits per heavy atom. The van der Waals surface area contributed by atoms with Crippen LogP contribution in [0.5, 0.6) is 0 Å². The molecular weight excluding hydrogens is 286 g/mol. The number of hydrogen-bond acceptors (Lipinski definition) is 8. The SMILES string of the molecule is CCN(C)C.CN.CN(CCN=O)c1cc(=O)c1=O.CNC. The molecule has 1 aromatic carbocycles. The van der Waals surface area contributed by atoms with E-state index in [9.17, 15) is 14.5 Å². The second-order valence-electron chi connectivity index (χ2n) is 4.39. The fraction of sp³-hybridized carbons (Fsp3) is 0.714. The number of likely N-dealkylation sites (N-methyl/N-ethyl adjacent to an activating group) is 1. The Bertz CT molecular complexity index is 428. The quantitative estimate of drug-likeness (QED) is 0.555. The molecule has 0 bridgehead atoms. The molecule has 0 radical (unpaired) electrons. The Labute approximate surface area is 133 Å². The van der Waals surface area contributed by atoms with Crippen molar-refractivity contribution in [2.45, 2.75) is 6.92 Å². The van der Waals surface area contributed by atoms with Gasteiger partial charge in [0, 0.05) is 19.7 Å². The molecule has 8 heteroatoms. The van der Waals surface area contributed by atoms with Crippen molar-refractivity contribution in [2.24, 2.45) is 10.9 Å². The van der Waals surface area contributed by atoms with E-state index in [1.54, 1.807) is 11.9 Å². The molecule has 0 aliphatic rings. The first kappa shape index (κ1) is 25.3. The van der Waals surface area contributed by atoms with E-state index in [1.165, 1.54) is 13.1 Å². The molecule has 1 rings (SSSR count). The molecule has 0 spiro atoms. The van der Waals surface area contributed by atoms with Crippen LogP contribution in [-0.2, 0) is 0 Å². The second kappa shape index (κ2) is 17.4. The smallest absolute Gasteiger partial charge is 0.249 e. The third-order valence-corrected chi connectivity index (χ3v) is 2.29. The van der Waals surface area contributed by atoms with Crippen molar-refractivity contribution in [3.63, 3.8) is 0 Å². The van der Waals surface area contributed by atoms with Crippen molar-refractivity contribution < 1.29 is 0 Å². The van der Waals surface area contributed by atoms with Crippen molar-refractivity contribution >= 4 is 5.69 Å². The predicted molar refractivity (Wildman–Crippen MR) is 94.6 cm³/mol. The average Bonchev–Trinajstić information content (AvgIpc) is 2.53. The van der Waals surface area contributed by atoms with Gasteiger partial charge in [-0.05, 0) is 41.8 Å². The minimum absolute atomic E-state index is 0.120. The van der Waals surface area contributed by atoms with Gasteiger partial charge < -0.3 is 20.9 Å². The lowest BCUT2D eigenvalue weighted by Gasteiger charge is -2.16. The van der Waals surface area contributed by atoms with Crippen LogP contribution in [0.25, 0.3) is 0 Å². The summed E-state index contributed by atoms with van der Waals surface area (Å²) in [7, 11) is 11.0. The summed E-state index contributed by atoms with van der Waals surface area (Å²) in [6, 6.07) is 1.26. The van der Waals surface area contributed by atoms with Crippen molar-refractivity contribution in [2.75, 3.05) is 66.8 Å². The Balaban J connectivity index is -0.000000302. The standard InChI is InChI=1S/C7H8N2O3.C4H11N.C2H7N.CH5N/c1-9(3-2-8-12)5-4-6(10)7(5)11;1-4-5(2)3;1-3-2;1-2/h4H,2-3H2,1H3;4H2,1-3H3;3H,1-2H3;2H2,1H3. The minimum atomic E-state index is -0.483. The number of anilines is 1. The van der Waals surface area contributed by atoms with Crippen LogP contribution >= 0.6 is 0 Å². The summed E-state index contributed by atoms with van der Waals surface area (Å²) in [6.45, 7) is 3.75. The first-order chi connectivity index (χ1) is 10.3. The molecule has 22 heavy (non-hydrogen) atoms. The maximum atomic E-state index is 10.8. The van der Waals surface area contributed by atoms with Gasteiger partial charge in [0.05, 0.1) is 12.2 Å². The molecule has 0 aliphatic carbocycles. The van der Waals surface area contributed by atoms with E-state index in [0.717, 1.165) is 6.54 Å². The summed E-state index contributed by atoms with van der Waals surface area (Å²) < 4.78 is 0. The van der Waals surface area contributed by atoms with E-state index in [4.69, 9.17) is 0 Å². The molecule has 3 N–H and O–H groups in total. The van der Waals surface area contributed by atoms with Gasteiger partial charge in [-0.1, -0.05) is 12.1 Å². The molecule has 8 nitrogen and oxygen atoms in total. The van der Waals surface area contributed by atoms with Gasteiger partial charge in [-0.25, -0.2) is 0 Å². The molecule has 0 unspecified atom stereocenters. The monoisotopic (exact) mass is 317 g/mol. The summed E-state index contributed by atoms with van der Waals surface area (Å²) in [4.78, 5) is 34.7. The van der Waals surface area contributed by atoms with Gasteiger partial charge in [0.2, 0.25) is 10.9 Å². The lowest BCUT2D eigenvalue weighted by atomic mass is 10.2. The fourth-order valence-corrected chi connectivity index (χ4v) is 0.899. The Kier molecular flexibility index (Phi) is 20.0. The minimum Gasteiger partial charge on any atom is -0.369 e. The van der Waals surface area contributed by atoms with Crippen LogP contribution in [0.1, 0.15) is 6.92 Å². The zero-order valence-corrected chi connectivity index (χ0v) is 14.8. The molecule has 0 fully saturated rings. The zero-order valence-electron chi connectivity index (χ0n) is 14.8. The van der Waals surface area contributed by atoms with E-state index in [2.05, 4.69) is 42.1 Å². The van der Waals surface area contributed by atoms with E-state index >= 15 is 0 Å². The summed E-state index contributed by atoms with van der Waals surface area (Å²) >= 11 is 0. The van der Waals surface area contributed by atoms with Crippen LogP contribution in [0.15, 0.2) is 20.8 Å². The largest absolute Gasteiger partial charge is 0.369 e. The van der Waals surface area contributed by atoms with Gasteiger partial charge in [0.25, 0.3) is 0 Å². The van der Waals surface area contributed by atoms with Crippen LogP contribution < -0.4 is 26.8 Å². The highest BCUT2D eigenvalue weighted by atomic mass is 16.3. The van der Waals surface area contributed by atoms with Gasteiger partial charge in [0.15, 0.2) is 0 Å². The highest BCUT2D eigenvalue weighted by Crippen LogP contribution is 2.02. The summed E-state index contributed by atoms with van der Waals surface area (Å²) in [5.74, 6) is 0. The van der Waals surface area contributed by atoms with Crippen molar-refractivity contribution in [1.82, 2.24) is 10.2 Å². The van der Waals surface area contributed by atoms with E-state index in [-0.39, 0.29) is 6.54 Å². The molecule has 0 heterocycles. The number of nitrogens with two attached hydrogens (primary N) is 1. The van der Waals surface area contributed by atoms with Gasteiger partial charge in [-0.3, -0.25) is 9.59 Å². The topological polar surface area (TPSA) is 108 Å². The van der Waals surface area contributed by atoms with Crippen LogP contribution in [0, 0.1) is 4.91 Å². The second-order valence-corrected chi connectivity index (χ2v) is 4.39. The highest BCUT2D eigenvalue weighted by molar-refractivity contribution is 5.49. The third kappa shape index (κ3) is 13.3. The molecule has 0 aliphatic heterocycles. The Hall–Kier alpha value is -1.64. The van der Waals surface area contributed by atoms with Crippen LogP contribution in [0.2, 0.25) is 0 Å². The molecule has 0 saturated heterocycles. The van der Waals surface area contributed by atoms with Crippen molar-refractivity contribution in [1.29, 1.82) is 0 Å². The number of nitrogens with one attached hydrogen (secondary N) is 1. The van der Waals surface area contributed by atoms with Gasteiger partial charge in [-0.15, -0.1) is 0 Å².